The average Bonchev–Trinajstić information content (AvgIpc) is 2.40. The van der Waals surface area contributed by atoms with E-state index in [-0.39, 0.29) is 0 Å². The van der Waals surface area contributed by atoms with E-state index in [9.17, 15) is 0 Å². The predicted octanol–water partition coefficient (Wildman–Crippen LogP) is 6.05. The fraction of sp³-hybridized carbons (Fsp3) is 0.625. The highest BCUT2D eigenvalue weighted by molar-refractivity contribution is 8.00. The summed E-state index contributed by atoms with van der Waals surface area (Å²) in [5, 5.41) is 0. The molecule has 0 fully saturated rings. The third-order valence-corrected chi connectivity index (χ3v) is 4.89. The molecule has 1 rings (SSSR count). The van der Waals surface area contributed by atoms with Gasteiger partial charge in [0.05, 0.1) is 0 Å². The van der Waals surface area contributed by atoms with Crippen molar-refractivity contribution in [3.8, 4) is 0 Å². The van der Waals surface area contributed by atoms with Gasteiger partial charge in [-0.15, -0.1) is 23.5 Å². The molecule has 101 valence electrons. The van der Waals surface area contributed by atoms with E-state index in [2.05, 4.69) is 38.1 Å². The van der Waals surface area contributed by atoms with E-state index in [4.69, 9.17) is 0 Å². The molecule has 0 aliphatic heterocycles. The van der Waals surface area contributed by atoms with Crippen molar-refractivity contribution in [2.24, 2.45) is 0 Å². The first kappa shape index (κ1) is 16.0. The molecular formula is C16H25S2. The summed E-state index contributed by atoms with van der Waals surface area (Å²) in [5.74, 6) is 2.48. The number of hydrogen-bond acceptors (Lipinski definition) is 2. The normalized spacial score (nSPS) is 10.8. The van der Waals surface area contributed by atoms with Gasteiger partial charge in [0.1, 0.15) is 0 Å². The number of rotatable bonds is 10. The Morgan fingerprint density at radius 3 is 1.78 bits per heavy atom. The van der Waals surface area contributed by atoms with Gasteiger partial charge in [0.15, 0.2) is 0 Å². The third kappa shape index (κ3) is 7.38. The molecule has 0 amide bonds. The van der Waals surface area contributed by atoms with Crippen LogP contribution in [0.4, 0.5) is 0 Å². The number of benzene rings is 1. The molecule has 0 aliphatic carbocycles. The van der Waals surface area contributed by atoms with E-state index in [1.807, 2.05) is 23.5 Å². The minimum atomic E-state index is 1.24. The largest absolute Gasteiger partial charge is 0.126 e. The zero-order valence-corrected chi connectivity index (χ0v) is 13.3. The van der Waals surface area contributed by atoms with Crippen LogP contribution in [0.25, 0.3) is 0 Å². The Balaban J connectivity index is 2.27. The first-order valence-corrected chi connectivity index (χ1v) is 9.10. The van der Waals surface area contributed by atoms with Gasteiger partial charge in [-0.2, -0.15) is 0 Å². The van der Waals surface area contributed by atoms with Crippen molar-refractivity contribution in [1.82, 2.24) is 0 Å². The van der Waals surface area contributed by atoms with Crippen molar-refractivity contribution in [3.05, 3.63) is 24.3 Å². The number of thioether (sulfide) groups is 2. The Labute approximate surface area is 121 Å². The molecule has 0 heterocycles. The molecule has 0 spiro atoms. The van der Waals surface area contributed by atoms with Crippen LogP contribution in [0.1, 0.15) is 52.4 Å². The van der Waals surface area contributed by atoms with Crippen LogP contribution < -0.4 is 0 Å². The van der Waals surface area contributed by atoms with E-state index < -0.39 is 0 Å². The zero-order valence-electron chi connectivity index (χ0n) is 11.7. The van der Waals surface area contributed by atoms with Crippen LogP contribution in [0.5, 0.6) is 0 Å². The quantitative estimate of drug-likeness (QED) is 0.378. The molecular weight excluding hydrogens is 256 g/mol. The minimum absolute atomic E-state index is 1.24. The Morgan fingerprint density at radius 1 is 0.833 bits per heavy atom. The van der Waals surface area contributed by atoms with Crippen LogP contribution in [0.2, 0.25) is 0 Å². The highest BCUT2D eigenvalue weighted by Gasteiger charge is 1.98. The lowest BCUT2D eigenvalue weighted by atomic mass is 10.3. The van der Waals surface area contributed by atoms with Crippen LogP contribution in [0.3, 0.4) is 0 Å². The van der Waals surface area contributed by atoms with Gasteiger partial charge in [-0.05, 0) is 48.6 Å². The number of hydrogen-bond donors (Lipinski definition) is 0. The number of unbranched alkanes of at least 4 members (excludes halogenated alkanes) is 4. The molecule has 0 unspecified atom stereocenters. The second-order valence-corrected chi connectivity index (χ2v) is 6.85. The van der Waals surface area contributed by atoms with E-state index in [1.165, 1.54) is 59.8 Å². The summed E-state index contributed by atoms with van der Waals surface area (Å²) >= 11 is 3.95. The molecule has 0 N–H and O–H groups in total. The van der Waals surface area contributed by atoms with Gasteiger partial charge in [0.2, 0.25) is 0 Å². The third-order valence-electron chi connectivity index (χ3n) is 2.77. The summed E-state index contributed by atoms with van der Waals surface area (Å²) in [6.45, 7) is 4.51. The highest BCUT2D eigenvalue weighted by atomic mass is 32.2. The molecule has 0 saturated heterocycles. The molecule has 0 aliphatic rings. The van der Waals surface area contributed by atoms with Gasteiger partial charge in [-0.3, -0.25) is 0 Å². The van der Waals surface area contributed by atoms with E-state index in [0.717, 1.165) is 0 Å². The second kappa shape index (κ2) is 10.8. The fourth-order valence-corrected chi connectivity index (χ4v) is 3.65. The lowest BCUT2D eigenvalue weighted by molar-refractivity contribution is 0.778. The average molecular weight is 282 g/mol. The summed E-state index contributed by atoms with van der Waals surface area (Å²) in [7, 11) is 0. The summed E-state index contributed by atoms with van der Waals surface area (Å²) in [6.07, 6.45) is 7.97. The van der Waals surface area contributed by atoms with Gasteiger partial charge in [0.25, 0.3) is 0 Å². The van der Waals surface area contributed by atoms with Crippen molar-refractivity contribution >= 4 is 23.5 Å². The Morgan fingerprint density at radius 2 is 1.33 bits per heavy atom. The van der Waals surface area contributed by atoms with E-state index in [0.29, 0.717) is 0 Å². The van der Waals surface area contributed by atoms with Gasteiger partial charge < -0.3 is 0 Å². The molecule has 1 aromatic rings. The summed E-state index contributed by atoms with van der Waals surface area (Å²) < 4.78 is 0. The predicted molar refractivity (Wildman–Crippen MR) is 85.8 cm³/mol. The lowest BCUT2D eigenvalue weighted by Gasteiger charge is -2.04. The fourth-order valence-electron chi connectivity index (χ4n) is 1.68. The van der Waals surface area contributed by atoms with Crippen LogP contribution in [0, 0.1) is 6.07 Å². The van der Waals surface area contributed by atoms with E-state index in [1.54, 1.807) is 0 Å². The monoisotopic (exact) mass is 281 g/mol. The summed E-state index contributed by atoms with van der Waals surface area (Å²) in [4.78, 5) is 2.76. The first-order chi connectivity index (χ1) is 8.86. The van der Waals surface area contributed by atoms with Gasteiger partial charge in [-0.1, -0.05) is 39.5 Å². The van der Waals surface area contributed by atoms with Crippen LogP contribution in [0.15, 0.2) is 28.0 Å². The molecule has 0 aromatic heterocycles. The van der Waals surface area contributed by atoms with Crippen molar-refractivity contribution in [2.75, 3.05) is 11.5 Å². The summed E-state index contributed by atoms with van der Waals surface area (Å²) in [5.41, 5.74) is 0. The van der Waals surface area contributed by atoms with Gasteiger partial charge in [0, 0.05) is 9.79 Å². The molecule has 0 bridgehead atoms. The molecule has 18 heavy (non-hydrogen) atoms. The second-order valence-electron chi connectivity index (χ2n) is 4.52. The highest BCUT2D eigenvalue weighted by Crippen LogP contribution is 2.26. The zero-order chi connectivity index (χ0) is 13.1. The Kier molecular flexibility index (Phi) is 9.59. The van der Waals surface area contributed by atoms with Crippen molar-refractivity contribution in [1.29, 1.82) is 0 Å². The SMILES string of the molecule is CCCCCSc1c[c]cc(SCCCCC)c1. The van der Waals surface area contributed by atoms with Crippen LogP contribution >= 0.6 is 23.5 Å². The maximum Gasteiger partial charge on any atom is 0.00892 e. The smallest absolute Gasteiger partial charge is 0.00892 e. The molecule has 2 heteroatoms. The van der Waals surface area contributed by atoms with Gasteiger partial charge in [-0.25, -0.2) is 0 Å². The summed E-state index contributed by atoms with van der Waals surface area (Å²) in [6, 6.07) is 9.83. The van der Waals surface area contributed by atoms with Gasteiger partial charge >= 0.3 is 0 Å². The van der Waals surface area contributed by atoms with Crippen molar-refractivity contribution < 1.29 is 0 Å². The lowest BCUT2D eigenvalue weighted by Crippen LogP contribution is -1.83. The topological polar surface area (TPSA) is 0 Å². The molecule has 0 nitrogen and oxygen atoms in total. The first-order valence-electron chi connectivity index (χ1n) is 7.13. The minimum Gasteiger partial charge on any atom is -0.126 e. The van der Waals surface area contributed by atoms with Crippen LogP contribution in [-0.4, -0.2) is 11.5 Å². The van der Waals surface area contributed by atoms with E-state index >= 15 is 0 Å². The van der Waals surface area contributed by atoms with Crippen LogP contribution in [-0.2, 0) is 0 Å². The Hall–Kier alpha value is -0.0800. The molecule has 0 saturated carbocycles. The molecule has 0 atom stereocenters. The maximum absolute atomic E-state index is 3.27. The molecule has 1 radical (unpaired) electrons. The van der Waals surface area contributed by atoms with Crippen molar-refractivity contribution in [2.45, 2.75) is 62.2 Å². The molecule has 1 aromatic carbocycles. The maximum atomic E-state index is 3.27. The Bertz CT molecular complexity index is 282. The van der Waals surface area contributed by atoms with Crippen molar-refractivity contribution in [3.63, 3.8) is 0 Å². The standard InChI is InChI=1S/C16H25S2/c1-3-5-7-12-17-15-10-9-11-16(14-15)18-13-8-6-4-2/h10-11,14H,3-8,12-13H2,1-2H3.